The predicted molar refractivity (Wildman–Crippen MR) is 107 cm³/mol. The summed E-state index contributed by atoms with van der Waals surface area (Å²) in [6, 6.07) is 15.1. The Morgan fingerprint density at radius 1 is 0.933 bits per heavy atom. The molecule has 0 saturated carbocycles. The van der Waals surface area contributed by atoms with Crippen LogP contribution in [0.5, 0.6) is 5.75 Å². The van der Waals surface area contributed by atoms with Crippen LogP contribution >= 0.6 is 0 Å². The van der Waals surface area contributed by atoms with Gasteiger partial charge in [0.25, 0.3) is 0 Å². The monoisotopic (exact) mass is 404 g/mol. The first-order valence-electron chi connectivity index (χ1n) is 9.98. The molecule has 2 aromatic rings. The maximum Gasteiger partial charge on any atom is 0.240 e. The van der Waals surface area contributed by atoms with Gasteiger partial charge in [-0.25, -0.2) is 4.90 Å². The predicted octanol–water partition coefficient (Wildman–Crippen LogP) is 2.20. The lowest BCUT2D eigenvalue weighted by molar-refractivity contribution is -0.126. The van der Waals surface area contributed by atoms with Crippen LogP contribution in [0.25, 0.3) is 5.70 Å². The fraction of sp³-hybridized carbons (Fsp3) is 0.304. The van der Waals surface area contributed by atoms with Crippen molar-refractivity contribution in [3.63, 3.8) is 0 Å². The molecule has 0 radical (unpaired) electrons. The summed E-state index contributed by atoms with van der Waals surface area (Å²) in [5.41, 5.74) is 7.33. The Labute approximate surface area is 173 Å². The van der Waals surface area contributed by atoms with Crippen LogP contribution < -0.4 is 15.1 Å². The Morgan fingerprint density at radius 2 is 1.63 bits per heavy atom. The normalized spacial score (nSPS) is 31.3. The van der Waals surface area contributed by atoms with Crippen molar-refractivity contribution >= 4 is 23.2 Å². The van der Waals surface area contributed by atoms with Crippen LogP contribution in [0.3, 0.4) is 0 Å². The molecule has 0 unspecified atom stereocenters. The highest BCUT2D eigenvalue weighted by atomic mass is 16.7. The van der Waals surface area contributed by atoms with Gasteiger partial charge in [0, 0.05) is 11.1 Å². The van der Waals surface area contributed by atoms with Crippen molar-refractivity contribution in [2.75, 3.05) is 12.0 Å². The van der Waals surface area contributed by atoms with E-state index in [4.69, 9.17) is 14.3 Å². The van der Waals surface area contributed by atoms with Crippen LogP contribution in [0.4, 0.5) is 5.69 Å². The summed E-state index contributed by atoms with van der Waals surface area (Å²) in [5, 5.41) is 0. The lowest BCUT2D eigenvalue weighted by Gasteiger charge is -2.22. The van der Waals surface area contributed by atoms with Gasteiger partial charge in [-0.05, 0) is 43.3 Å². The summed E-state index contributed by atoms with van der Waals surface area (Å²) >= 11 is 0. The van der Waals surface area contributed by atoms with Crippen LogP contribution in [-0.2, 0) is 19.2 Å². The summed E-state index contributed by atoms with van der Waals surface area (Å²) in [6.07, 6.45) is -1.31. The number of hydroxylamine groups is 1. The average molecular weight is 404 g/mol. The molecule has 7 heteroatoms. The van der Waals surface area contributed by atoms with E-state index >= 15 is 0 Å². The lowest BCUT2D eigenvalue weighted by atomic mass is 9.76. The highest BCUT2D eigenvalue weighted by Crippen LogP contribution is 2.55. The summed E-state index contributed by atoms with van der Waals surface area (Å²) in [5.74, 6) is -0.689. The molecule has 152 valence electrons. The van der Waals surface area contributed by atoms with E-state index in [2.05, 4.69) is 5.48 Å². The number of ether oxygens (including phenoxy) is 2. The number of rotatable bonds is 3. The number of carbonyl (C=O) groups is 2. The Hall–Kier alpha value is -3.16. The molecule has 2 amide bonds. The Bertz CT molecular complexity index is 1090. The molecule has 7 nitrogen and oxygen atoms in total. The molecule has 2 bridgehead atoms. The molecule has 0 spiro atoms. The second kappa shape index (κ2) is 6.17. The molecule has 1 N–H and O–H groups in total. The lowest BCUT2D eigenvalue weighted by Crippen LogP contribution is -2.40. The fourth-order valence-electron chi connectivity index (χ4n) is 5.11. The van der Waals surface area contributed by atoms with Crippen molar-refractivity contribution < 1.29 is 23.9 Å². The van der Waals surface area contributed by atoms with Crippen LogP contribution in [0.1, 0.15) is 11.1 Å². The maximum absolute atomic E-state index is 13.3. The summed E-state index contributed by atoms with van der Waals surface area (Å²) in [7, 11) is 1.62. The number of fused-ring (bicyclic) bond motifs is 8. The molecule has 4 aliphatic rings. The van der Waals surface area contributed by atoms with Crippen molar-refractivity contribution in [1.29, 1.82) is 0 Å². The van der Waals surface area contributed by atoms with Crippen molar-refractivity contribution in [2.24, 2.45) is 11.8 Å². The minimum absolute atomic E-state index is 0.201. The van der Waals surface area contributed by atoms with Gasteiger partial charge in [-0.3, -0.25) is 19.9 Å². The second-order valence-electron chi connectivity index (χ2n) is 8.12. The van der Waals surface area contributed by atoms with Gasteiger partial charge < -0.3 is 9.47 Å². The van der Waals surface area contributed by atoms with E-state index in [-0.39, 0.29) is 17.9 Å². The van der Waals surface area contributed by atoms with Crippen molar-refractivity contribution in [3.05, 3.63) is 65.2 Å². The highest BCUT2D eigenvalue weighted by molar-refractivity contribution is 6.23. The van der Waals surface area contributed by atoms with Crippen molar-refractivity contribution in [1.82, 2.24) is 5.48 Å². The topological polar surface area (TPSA) is 77.1 Å². The molecular formula is C23H20N2O5. The van der Waals surface area contributed by atoms with Gasteiger partial charge in [0.2, 0.25) is 11.8 Å². The molecule has 0 aliphatic carbocycles. The van der Waals surface area contributed by atoms with E-state index in [0.29, 0.717) is 5.69 Å². The molecule has 3 fully saturated rings. The molecule has 4 aliphatic heterocycles. The van der Waals surface area contributed by atoms with Crippen molar-refractivity contribution in [2.45, 2.75) is 25.2 Å². The standard InChI is InChI=1S/C23H20N2O5/c1-11-3-7-13(8-4-11)25-22(26)15-16(23(25)27)20-21-17(19(15)29-20)18(24-30-21)12-5-9-14(28-2)10-6-12/h3-10,15-16,19-21,24H,1-2H3/t15-,16+,19-,20+,21-/m0/s1. The minimum Gasteiger partial charge on any atom is -0.497 e. The third kappa shape index (κ3) is 2.21. The number of carbonyl (C=O) groups excluding carboxylic acids is 2. The van der Waals surface area contributed by atoms with Gasteiger partial charge >= 0.3 is 0 Å². The number of hydrogen-bond acceptors (Lipinski definition) is 6. The van der Waals surface area contributed by atoms with Gasteiger partial charge in [0.1, 0.15) is 18.0 Å². The van der Waals surface area contributed by atoms with E-state index in [0.717, 1.165) is 28.1 Å². The first-order valence-corrected chi connectivity index (χ1v) is 9.98. The molecule has 2 aromatic carbocycles. The van der Waals surface area contributed by atoms with Crippen LogP contribution in [0, 0.1) is 18.8 Å². The first kappa shape index (κ1) is 17.7. The van der Waals surface area contributed by atoms with E-state index in [1.807, 2.05) is 55.5 Å². The van der Waals surface area contributed by atoms with Crippen LogP contribution in [0.15, 0.2) is 54.1 Å². The largest absolute Gasteiger partial charge is 0.497 e. The summed E-state index contributed by atoms with van der Waals surface area (Å²) in [4.78, 5) is 33.7. The smallest absolute Gasteiger partial charge is 0.240 e. The SMILES string of the molecule is COc1ccc(C2=C3[C@H]4O[C@H]([C@@H]5C(=O)N(c6ccc(C)cc6)C(=O)[C@@H]54)[C@H]3ON2)cc1. The molecule has 0 aromatic heterocycles. The Balaban J connectivity index is 1.38. The van der Waals surface area contributed by atoms with E-state index in [1.165, 1.54) is 4.90 Å². The van der Waals surface area contributed by atoms with E-state index in [9.17, 15) is 9.59 Å². The molecular weight excluding hydrogens is 384 g/mol. The quantitative estimate of drug-likeness (QED) is 0.791. The molecule has 6 rings (SSSR count). The summed E-state index contributed by atoms with van der Waals surface area (Å²) in [6.45, 7) is 1.97. The zero-order valence-corrected chi connectivity index (χ0v) is 16.5. The zero-order chi connectivity index (χ0) is 20.6. The third-order valence-corrected chi connectivity index (χ3v) is 6.54. The van der Waals surface area contributed by atoms with Crippen molar-refractivity contribution in [3.8, 4) is 5.75 Å². The van der Waals surface area contributed by atoms with E-state index in [1.54, 1.807) is 7.11 Å². The molecule has 5 atom stereocenters. The number of nitrogens with one attached hydrogen (secondary N) is 1. The van der Waals surface area contributed by atoms with Gasteiger partial charge in [-0.1, -0.05) is 17.7 Å². The van der Waals surface area contributed by atoms with Gasteiger partial charge in [0.05, 0.1) is 36.4 Å². The minimum atomic E-state index is -0.521. The Kier molecular flexibility index (Phi) is 3.63. The summed E-state index contributed by atoms with van der Waals surface area (Å²) < 4.78 is 11.4. The number of imide groups is 1. The van der Waals surface area contributed by atoms with Gasteiger partial charge in [-0.2, -0.15) is 0 Å². The number of amides is 2. The van der Waals surface area contributed by atoms with Crippen LogP contribution in [-0.4, -0.2) is 37.2 Å². The number of hydrogen-bond donors (Lipinski definition) is 1. The number of benzene rings is 2. The number of anilines is 1. The molecule has 30 heavy (non-hydrogen) atoms. The van der Waals surface area contributed by atoms with E-state index < -0.39 is 24.0 Å². The zero-order valence-electron chi connectivity index (χ0n) is 16.5. The Morgan fingerprint density at radius 3 is 2.33 bits per heavy atom. The van der Waals surface area contributed by atoms with Crippen LogP contribution in [0.2, 0.25) is 0 Å². The highest BCUT2D eigenvalue weighted by Gasteiger charge is 2.69. The van der Waals surface area contributed by atoms with Gasteiger partial charge in [-0.15, -0.1) is 0 Å². The third-order valence-electron chi connectivity index (χ3n) is 6.54. The average Bonchev–Trinajstić information content (AvgIpc) is 3.49. The molecule has 3 saturated heterocycles. The number of methoxy groups -OCH3 is 1. The number of aryl methyl sites for hydroxylation is 1. The number of nitrogens with zero attached hydrogens (tertiary/aromatic N) is 1. The first-order chi connectivity index (χ1) is 14.6. The van der Waals surface area contributed by atoms with Gasteiger partial charge in [0.15, 0.2) is 0 Å². The molecule has 4 heterocycles. The maximum atomic E-state index is 13.3. The fourth-order valence-corrected chi connectivity index (χ4v) is 5.11. The second-order valence-corrected chi connectivity index (χ2v) is 8.12.